The highest BCUT2D eigenvalue weighted by molar-refractivity contribution is 5.22. The lowest BCUT2D eigenvalue weighted by atomic mass is 9.68. The quantitative estimate of drug-likeness (QED) is 0.503. The van der Waals surface area contributed by atoms with E-state index in [2.05, 4.69) is 41.5 Å². The summed E-state index contributed by atoms with van der Waals surface area (Å²) in [5, 5.41) is 0. The molecule has 2 nitrogen and oxygen atoms in total. The zero-order valence-electron chi connectivity index (χ0n) is 10.2. The zero-order valence-corrected chi connectivity index (χ0v) is 10.2. The van der Waals surface area contributed by atoms with Crippen LogP contribution in [0.5, 0.6) is 0 Å². The first-order chi connectivity index (χ1) is 6.35. The van der Waals surface area contributed by atoms with E-state index < -0.39 is 0 Å². The predicted octanol–water partition coefficient (Wildman–Crippen LogP) is 4.03. The van der Waals surface area contributed by atoms with Crippen molar-refractivity contribution in [2.24, 2.45) is 10.8 Å². The van der Waals surface area contributed by atoms with Crippen LogP contribution in [0.3, 0.4) is 0 Å². The van der Waals surface area contributed by atoms with Gasteiger partial charge < -0.3 is 0 Å². The van der Waals surface area contributed by atoms with Gasteiger partial charge in [-0.25, -0.2) is 9.78 Å². The van der Waals surface area contributed by atoms with Crippen LogP contribution >= 0.6 is 0 Å². The minimum absolute atomic E-state index is 0.158. The van der Waals surface area contributed by atoms with Crippen LogP contribution in [0.2, 0.25) is 0 Å². The molecule has 0 N–H and O–H groups in total. The molecule has 1 aliphatic rings. The highest BCUT2D eigenvalue weighted by Gasteiger charge is 2.42. The molecule has 0 bridgehead atoms. The molecule has 0 radical (unpaired) electrons. The van der Waals surface area contributed by atoms with E-state index in [4.69, 9.17) is 9.78 Å². The zero-order chi connectivity index (χ0) is 11.0. The van der Waals surface area contributed by atoms with Gasteiger partial charge in [-0.3, -0.25) is 0 Å². The third-order valence-corrected chi connectivity index (χ3v) is 3.49. The van der Waals surface area contributed by atoms with Gasteiger partial charge in [0.15, 0.2) is 0 Å². The van der Waals surface area contributed by atoms with Crippen molar-refractivity contribution in [1.29, 1.82) is 0 Å². The Morgan fingerprint density at radius 1 is 0.929 bits per heavy atom. The Balaban J connectivity index is 3.05. The summed E-state index contributed by atoms with van der Waals surface area (Å²) in [6.07, 6.45) is 2.20. The Kier molecular flexibility index (Phi) is 2.84. The van der Waals surface area contributed by atoms with E-state index >= 15 is 0 Å². The van der Waals surface area contributed by atoms with Crippen LogP contribution in [-0.2, 0) is 9.78 Å². The van der Waals surface area contributed by atoms with E-state index in [0.29, 0.717) is 0 Å². The summed E-state index contributed by atoms with van der Waals surface area (Å²) < 4.78 is 0. The maximum absolute atomic E-state index is 4.93. The Morgan fingerprint density at radius 2 is 1.29 bits per heavy atom. The molecule has 0 aromatic rings. The van der Waals surface area contributed by atoms with Gasteiger partial charge in [-0.2, -0.15) is 0 Å². The molecule has 0 aromatic heterocycles. The molecule has 1 rings (SSSR count). The molecule has 2 heteroatoms. The standard InChI is InChI=1S/C12H22O2/c1-7-11(3,4)9(10-13-14-10)12(5,6)8-2/h7-8H2,1-6H3. The van der Waals surface area contributed by atoms with Gasteiger partial charge >= 0.3 is 5.95 Å². The van der Waals surface area contributed by atoms with Gasteiger partial charge in [0.1, 0.15) is 0 Å². The lowest BCUT2D eigenvalue weighted by molar-refractivity contribution is 0.0850. The molecular formula is C12H22O2. The Bertz CT molecular complexity index is 225. The van der Waals surface area contributed by atoms with Crippen LogP contribution in [0.25, 0.3) is 0 Å². The second-order valence-corrected chi connectivity index (χ2v) is 5.30. The summed E-state index contributed by atoms with van der Waals surface area (Å²) in [4.78, 5) is 9.85. The Hall–Kier alpha value is -0.660. The van der Waals surface area contributed by atoms with Crippen molar-refractivity contribution in [3.8, 4) is 0 Å². The fourth-order valence-corrected chi connectivity index (χ4v) is 1.93. The van der Waals surface area contributed by atoms with Crippen molar-refractivity contribution < 1.29 is 9.78 Å². The molecule has 0 atom stereocenters. The first-order valence-electron chi connectivity index (χ1n) is 5.45. The molecule has 14 heavy (non-hydrogen) atoms. The second-order valence-electron chi connectivity index (χ2n) is 5.30. The highest BCUT2D eigenvalue weighted by atomic mass is 17.4. The smallest absolute Gasteiger partial charge is 0.242 e. The molecule has 0 unspecified atom stereocenters. The van der Waals surface area contributed by atoms with Crippen molar-refractivity contribution in [1.82, 2.24) is 0 Å². The molecular weight excluding hydrogens is 176 g/mol. The minimum atomic E-state index is 0.158. The third-order valence-electron chi connectivity index (χ3n) is 3.49. The summed E-state index contributed by atoms with van der Waals surface area (Å²) in [5.41, 5.74) is 1.63. The molecule has 0 aromatic carbocycles. The maximum atomic E-state index is 4.93. The molecule has 1 saturated heterocycles. The van der Waals surface area contributed by atoms with E-state index in [9.17, 15) is 0 Å². The molecule has 1 fully saturated rings. The van der Waals surface area contributed by atoms with Crippen LogP contribution < -0.4 is 0 Å². The van der Waals surface area contributed by atoms with E-state index in [0.717, 1.165) is 18.8 Å². The molecule has 1 aliphatic heterocycles. The molecule has 0 amide bonds. The first-order valence-corrected chi connectivity index (χ1v) is 5.45. The second kappa shape index (κ2) is 3.48. The fraction of sp³-hybridized carbons (Fsp3) is 0.833. The van der Waals surface area contributed by atoms with Gasteiger partial charge in [-0.1, -0.05) is 41.5 Å². The van der Waals surface area contributed by atoms with Gasteiger partial charge in [0.2, 0.25) is 0 Å². The molecule has 0 spiro atoms. The lowest BCUT2D eigenvalue weighted by Gasteiger charge is -2.35. The number of hydrogen-bond acceptors (Lipinski definition) is 2. The van der Waals surface area contributed by atoms with Gasteiger partial charge in [0.25, 0.3) is 0 Å². The van der Waals surface area contributed by atoms with E-state index in [-0.39, 0.29) is 10.8 Å². The van der Waals surface area contributed by atoms with E-state index in [1.165, 1.54) is 5.57 Å². The van der Waals surface area contributed by atoms with Crippen molar-refractivity contribution in [3.05, 3.63) is 11.5 Å². The number of rotatable bonds is 4. The van der Waals surface area contributed by atoms with Crippen molar-refractivity contribution in [2.75, 3.05) is 0 Å². The normalized spacial score (nSPS) is 16.0. The maximum Gasteiger partial charge on any atom is 0.379 e. The Morgan fingerprint density at radius 3 is 1.50 bits per heavy atom. The van der Waals surface area contributed by atoms with Crippen LogP contribution in [0.15, 0.2) is 11.5 Å². The van der Waals surface area contributed by atoms with Gasteiger partial charge in [-0.05, 0) is 23.7 Å². The fourth-order valence-electron chi connectivity index (χ4n) is 1.93. The predicted molar refractivity (Wildman–Crippen MR) is 57.3 cm³/mol. The summed E-state index contributed by atoms with van der Waals surface area (Å²) in [6, 6.07) is 0. The van der Waals surface area contributed by atoms with Gasteiger partial charge in [-0.15, -0.1) is 0 Å². The largest absolute Gasteiger partial charge is 0.379 e. The Labute approximate surface area is 87.2 Å². The number of hydrogen-bond donors (Lipinski definition) is 0. The summed E-state index contributed by atoms with van der Waals surface area (Å²) in [7, 11) is 0. The summed E-state index contributed by atoms with van der Waals surface area (Å²) in [6.45, 7) is 13.4. The third kappa shape index (κ3) is 2.05. The van der Waals surface area contributed by atoms with Crippen molar-refractivity contribution in [3.63, 3.8) is 0 Å². The first kappa shape index (κ1) is 11.4. The van der Waals surface area contributed by atoms with E-state index in [1.54, 1.807) is 0 Å². The monoisotopic (exact) mass is 198 g/mol. The summed E-state index contributed by atoms with van der Waals surface area (Å²) >= 11 is 0. The molecule has 0 saturated carbocycles. The van der Waals surface area contributed by atoms with Crippen LogP contribution in [0, 0.1) is 10.8 Å². The average molecular weight is 198 g/mol. The van der Waals surface area contributed by atoms with Crippen LogP contribution in [-0.4, -0.2) is 0 Å². The van der Waals surface area contributed by atoms with Crippen LogP contribution in [0.4, 0.5) is 0 Å². The topological polar surface area (TPSA) is 25.1 Å². The van der Waals surface area contributed by atoms with Crippen LogP contribution in [0.1, 0.15) is 54.4 Å². The lowest BCUT2D eigenvalue weighted by Crippen LogP contribution is -2.26. The van der Waals surface area contributed by atoms with Crippen molar-refractivity contribution in [2.45, 2.75) is 54.4 Å². The van der Waals surface area contributed by atoms with Crippen molar-refractivity contribution >= 4 is 0 Å². The number of allylic oxidation sites excluding steroid dienone is 1. The van der Waals surface area contributed by atoms with Gasteiger partial charge in [0.05, 0.1) is 0 Å². The van der Waals surface area contributed by atoms with E-state index in [1.807, 2.05) is 0 Å². The summed E-state index contributed by atoms with van der Waals surface area (Å²) in [5.74, 6) is 0.753. The minimum Gasteiger partial charge on any atom is -0.242 e. The molecule has 82 valence electrons. The molecule has 1 heterocycles. The highest BCUT2D eigenvalue weighted by Crippen LogP contribution is 2.48. The SMILES string of the molecule is CCC(C)(C)C(=C1OO1)C(C)(C)CC. The van der Waals surface area contributed by atoms with Gasteiger partial charge in [0, 0.05) is 5.57 Å². The molecule has 0 aliphatic carbocycles. The average Bonchev–Trinajstić information content (AvgIpc) is 2.88.